The molecule has 0 aliphatic carbocycles. The fraction of sp³-hybridized carbons (Fsp3) is 0.300. The number of aliphatic hydroxyl groups excluding tert-OH is 4. The average molecular weight is 406 g/mol. The summed E-state index contributed by atoms with van der Waals surface area (Å²) in [6.45, 7) is -0.643. The van der Waals surface area contributed by atoms with Gasteiger partial charge in [-0.3, -0.25) is 0 Å². The average Bonchev–Trinajstić information content (AvgIpc) is 2.70. The molecular formula is C20H22O9. The molecule has 156 valence electrons. The van der Waals surface area contributed by atoms with Crippen molar-refractivity contribution in [2.45, 2.75) is 30.7 Å². The molecule has 7 N–H and O–H groups in total. The van der Waals surface area contributed by atoms with Gasteiger partial charge in [-0.05, 0) is 29.8 Å². The molecule has 0 amide bonds. The molecule has 3 rings (SSSR count). The number of hydrogen-bond acceptors (Lipinski definition) is 9. The lowest BCUT2D eigenvalue weighted by Gasteiger charge is -2.39. The third-order valence-corrected chi connectivity index (χ3v) is 4.55. The molecule has 29 heavy (non-hydrogen) atoms. The van der Waals surface area contributed by atoms with Crippen molar-refractivity contribution in [1.29, 1.82) is 0 Å². The van der Waals surface area contributed by atoms with Crippen LogP contribution in [0, 0.1) is 0 Å². The number of benzene rings is 2. The van der Waals surface area contributed by atoms with Gasteiger partial charge in [0.1, 0.15) is 30.2 Å². The van der Waals surface area contributed by atoms with Crippen LogP contribution in [0.4, 0.5) is 0 Å². The minimum absolute atomic E-state index is 0.0775. The van der Waals surface area contributed by atoms with Crippen molar-refractivity contribution in [3.63, 3.8) is 0 Å². The van der Waals surface area contributed by atoms with Gasteiger partial charge in [0, 0.05) is 5.56 Å². The topological polar surface area (TPSA) is 160 Å². The summed E-state index contributed by atoms with van der Waals surface area (Å²) in [5.41, 5.74) is 0.916. The number of aromatic hydroxyl groups is 3. The van der Waals surface area contributed by atoms with Gasteiger partial charge in [0.15, 0.2) is 11.5 Å². The predicted octanol–water partition coefficient (Wildman–Crippen LogP) is 0.152. The minimum atomic E-state index is -1.70. The Balaban J connectivity index is 1.85. The second-order valence-electron chi connectivity index (χ2n) is 6.60. The number of phenols is 3. The Bertz CT molecular complexity index is 880. The lowest BCUT2D eigenvalue weighted by Crippen LogP contribution is -2.60. The molecule has 1 saturated heterocycles. The molecule has 5 atom stereocenters. The van der Waals surface area contributed by atoms with E-state index >= 15 is 0 Å². The Morgan fingerprint density at radius 3 is 2.38 bits per heavy atom. The Kier molecular flexibility index (Phi) is 6.26. The van der Waals surface area contributed by atoms with Crippen LogP contribution in [0.1, 0.15) is 11.1 Å². The second kappa shape index (κ2) is 8.68. The van der Waals surface area contributed by atoms with Crippen molar-refractivity contribution in [3.05, 3.63) is 47.5 Å². The van der Waals surface area contributed by atoms with Gasteiger partial charge in [-0.1, -0.05) is 24.3 Å². The summed E-state index contributed by atoms with van der Waals surface area (Å²) in [5.74, 6) is -1.24. The van der Waals surface area contributed by atoms with Gasteiger partial charge in [-0.2, -0.15) is 0 Å². The molecule has 2 aromatic rings. The molecular weight excluding hydrogens is 384 g/mol. The maximum Gasteiger partial charge on any atom is 0.229 e. The third kappa shape index (κ3) is 4.44. The molecule has 0 saturated carbocycles. The zero-order chi connectivity index (χ0) is 21.1. The molecule has 1 heterocycles. The van der Waals surface area contributed by atoms with Crippen LogP contribution in [0.3, 0.4) is 0 Å². The van der Waals surface area contributed by atoms with Crippen molar-refractivity contribution in [3.8, 4) is 23.0 Å². The molecule has 0 radical (unpaired) electrons. The fourth-order valence-corrected chi connectivity index (χ4v) is 2.92. The molecule has 0 bridgehead atoms. The first kappa shape index (κ1) is 20.9. The number of rotatable bonds is 5. The van der Waals surface area contributed by atoms with E-state index in [1.165, 1.54) is 30.3 Å². The molecule has 2 aromatic carbocycles. The summed E-state index contributed by atoms with van der Waals surface area (Å²) in [7, 11) is 0. The highest BCUT2D eigenvalue weighted by Crippen LogP contribution is 2.41. The zero-order valence-corrected chi connectivity index (χ0v) is 15.2. The predicted molar refractivity (Wildman–Crippen MR) is 101 cm³/mol. The summed E-state index contributed by atoms with van der Waals surface area (Å²) < 4.78 is 10.6. The fourth-order valence-electron chi connectivity index (χ4n) is 2.92. The van der Waals surface area contributed by atoms with Gasteiger partial charge < -0.3 is 45.2 Å². The van der Waals surface area contributed by atoms with Crippen LogP contribution >= 0.6 is 0 Å². The number of aliphatic hydroxyl groups is 4. The van der Waals surface area contributed by atoms with Crippen molar-refractivity contribution < 1.29 is 45.2 Å². The van der Waals surface area contributed by atoms with Crippen LogP contribution < -0.4 is 4.74 Å². The quantitative estimate of drug-likeness (QED) is 0.343. The highest BCUT2D eigenvalue weighted by molar-refractivity contribution is 5.75. The van der Waals surface area contributed by atoms with E-state index in [-0.39, 0.29) is 11.3 Å². The van der Waals surface area contributed by atoms with Gasteiger partial charge in [0.2, 0.25) is 12.0 Å². The van der Waals surface area contributed by atoms with E-state index in [0.29, 0.717) is 5.56 Å². The van der Waals surface area contributed by atoms with E-state index in [9.17, 15) is 35.7 Å². The molecule has 0 spiro atoms. The molecule has 9 nitrogen and oxygen atoms in total. The number of phenolic OH excluding ortho intramolecular Hbond substituents is 3. The Morgan fingerprint density at radius 1 is 0.931 bits per heavy atom. The van der Waals surface area contributed by atoms with Gasteiger partial charge in [-0.25, -0.2) is 0 Å². The second-order valence-corrected chi connectivity index (χ2v) is 6.60. The Hall–Kier alpha value is -2.82. The van der Waals surface area contributed by atoms with Gasteiger partial charge >= 0.3 is 0 Å². The molecule has 9 heteroatoms. The first-order valence-corrected chi connectivity index (χ1v) is 8.81. The van der Waals surface area contributed by atoms with Crippen molar-refractivity contribution >= 4 is 12.2 Å². The maximum atomic E-state index is 10.5. The molecule has 1 fully saturated rings. The Morgan fingerprint density at radius 2 is 1.69 bits per heavy atom. The smallest absolute Gasteiger partial charge is 0.229 e. The molecule has 0 aromatic heterocycles. The standard InChI is InChI=1S/C20H22O9/c21-9-14-16(25)17(26)18(27)20(28-14)29-19-13(23)7-6-11(15(19)24)5-4-10-2-1-3-12(22)8-10/h1-8,14,16-18,20-27H,9H2/b5-4+/t14-,16-,17+,18-,20+/m1/s1. The van der Waals surface area contributed by atoms with Gasteiger partial charge in [0.05, 0.1) is 6.61 Å². The first-order valence-electron chi connectivity index (χ1n) is 8.81. The van der Waals surface area contributed by atoms with Crippen LogP contribution in [0.15, 0.2) is 36.4 Å². The summed E-state index contributed by atoms with van der Waals surface area (Å²) >= 11 is 0. The summed E-state index contributed by atoms with van der Waals surface area (Å²) in [6.07, 6.45) is -4.55. The highest BCUT2D eigenvalue weighted by atomic mass is 16.7. The lowest BCUT2D eigenvalue weighted by molar-refractivity contribution is -0.277. The highest BCUT2D eigenvalue weighted by Gasteiger charge is 2.45. The maximum absolute atomic E-state index is 10.5. The van der Waals surface area contributed by atoms with E-state index in [0.717, 1.165) is 0 Å². The summed E-state index contributed by atoms with van der Waals surface area (Å²) in [4.78, 5) is 0. The third-order valence-electron chi connectivity index (χ3n) is 4.55. The summed E-state index contributed by atoms with van der Waals surface area (Å²) in [6, 6.07) is 9.09. The van der Waals surface area contributed by atoms with Crippen LogP contribution in [-0.2, 0) is 4.74 Å². The SMILES string of the molecule is OC[C@H]1O[C@@H](Oc2c(O)ccc(/C=C/c3cccc(O)c3)c2O)[C@H](O)[C@@H](O)[C@@H]1O. The van der Waals surface area contributed by atoms with E-state index < -0.39 is 54.6 Å². The van der Waals surface area contributed by atoms with Crippen LogP contribution in [-0.4, -0.2) is 73.1 Å². The van der Waals surface area contributed by atoms with Crippen LogP contribution in [0.25, 0.3) is 12.2 Å². The zero-order valence-electron chi connectivity index (χ0n) is 15.2. The van der Waals surface area contributed by atoms with E-state index in [2.05, 4.69) is 0 Å². The van der Waals surface area contributed by atoms with Crippen molar-refractivity contribution in [2.24, 2.45) is 0 Å². The van der Waals surface area contributed by atoms with Crippen molar-refractivity contribution in [1.82, 2.24) is 0 Å². The van der Waals surface area contributed by atoms with Crippen LogP contribution in [0.2, 0.25) is 0 Å². The van der Waals surface area contributed by atoms with E-state index in [1.54, 1.807) is 18.2 Å². The lowest BCUT2D eigenvalue weighted by atomic mass is 9.99. The molecule has 1 aliphatic heterocycles. The Labute approximate surface area is 165 Å². The van der Waals surface area contributed by atoms with Gasteiger partial charge in [-0.15, -0.1) is 0 Å². The molecule has 0 unspecified atom stereocenters. The normalized spacial score (nSPS) is 27.2. The van der Waals surface area contributed by atoms with E-state index in [1.807, 2.05) is 0 Å². The summed E-state index contributed by atoms with van der Waals surface area (Å²) in [5, 5.41) is 69.0. The number of hydrogen-bond donors (Lipinski definition) is 7. The largest absolute Gasteiger partial charge is 0.508 e. The minimum Gasteiger partial charge on any atom is -0.508 e. The number of ether oxygens (including phenoxy) is 2. The van der Waals surface area contributed by atoms with E-state index in [4.69, 9.17) is 9.47 Å². The monoisotopic (exact) mass is 406 g/mol. The van der Waals surface area contributed by atoms with Gasteiger partial charge in [0.25, 0.3) is 0 Å². The first-order chi connectivity index (χ1) is 13.8. The van der Waals surface area contributed by atoms with Crippen LogP contribution in [0.5, 0.6) is 23.0 Å². The van der Waals surface area contributed by atoms with Crippen molar-refractivity contribution in [2.75, 3.05) is 6.61 Å². The molecule has 1 aliphatic rings.